The summed E-state index contributed by atoms with van der Waals surface area (Å²) in [6.45, 7) is -0.512. The lowest BCUT2D eigenvalue weighted by Gasteiger charge is -2.40. The third-order valence-electron chi connectivity index (χ3n) is 5.72. The normalized spacial score (nSPS) is 19.9. The van der Waals surface area contributed by atoms with Gasteiger partial charge in [-0.25, -0.2) is 9.37 Å². The highest BCUT2D eigenvalue weighted by molar-refractivity contribution is 6.55. The Morgan fingerprint density at radius 2 is 1.91 bits per heavy atom. The van der Waals surface area contributed by atoms with Crippen molar-refractivity contribution in [2.75, 3.05) is 23.5 Å². The number of rotatable bonds is 3. The zero-order valence-corrected chi connectivity index (χ0v) is 17.2. The highest BCUT2D eigenvalue weighted by Crippen LogP contribution is 2.44. The number of amides is 2. The number of hydrogen-bond donors (Lipinski definition) is 1. The zero-order valence-electron chi connectivity index (χ0n) is 17.2. The number of nitrogens with zero attached hydrogens (tertiary/aromatic N) is 4. The zero-order chi connectivity index (χ0) is 25.0. The van der Waals surface area contributed by atoms with Crippen molar-refractivity contribution in [2.24, 2.45) is 0 Å². The van der Waals surface area contributed by atoms with E-state index in [0.717, 1.165) is 28.1 Å². The highest BCUT2D eigenvalue weighted by Gasteiger charge is 2.67. The lowest BCUT2D eigenvalue weighted by Crippen LogP contribution is -2.67. The third kappa shape index (κ3) is 3.18. The maximum atomic E-state index is 14.6. The first-order valence-corrected chi connectivity index (χ1v) is 9.62. The fourth-order valence-corrected chi connectivity index (χ4v) is 3.97. The summed E-state index contributed by atoms with van der Waals surface area (Å²) in [4.78, 5) is 54.7. The number of carbonyl (C=O) groups excluding carboxylic acids is 4. The molecule has 2 amide bonds. The molecule has 1 saturated heterocycles. The van der Waals surface area contributed by atoms with E-state index in [9.17, 15) is 36.7 Å². The predicted molar refractivity (Wildman–Crippen MR) is 106 cm³/mol. The first kappa shape index (κ1) is 22.8. The molecular formula is C21H13F4N5O4. The number of pyridine rings is 1. The van der Waals surface area contributed by atoms with Crippen LogP contribution in [0.2, 0.25) is 0 Å². The van der Waals surface area contributed by atoms with Gasteiger partial charge in [-0.15, -0.1) is 0 Å². The second-order valence-corrected chi connectivity index (χ2v) is 7.53. The molecule has 1 spiro atoms. The van der Waals surface area contributed by atoms with E-state index in [2.05, 4.69) is 10.3 Å². The van der Waals surface area contributed by atoms with Gasteiger partial charge in [-0.2, -0.15) is 18.4 Å². The van der Waals surface area contributed by atoms with Crippen LogP contribution in [0.3, 0.4) is 0 Å². The van der Waals surface area contributed by atoms with Gasteiger partial charge in [0, 0.05) is 12.7 Å². The smallest absolute Gasteiger partial charge is 0.355 e. The molecule has 1 aromatic heterocycles. The molecule has 9 nitrogen and oxygen atoms in total. The van der Waals surface area contributed by atoms with Crippen LogP contribution in [0.1, 0.15) is 28.0 Å². The topological polar surface area (TPSA) is 123 Å². The molecule has 1 aliphatic heterocycles. The fourth-order valence-electron chi connectivity index (χ4n) is 3.97. The van der Waals surface area contributed by atoms with E-state index in [1.807, 2.05) is 0 Å². The van der Waals surface area contributed by atoms with Crippen LogP contribution < -0.4 is 15.1 Å². The van der Waals surface area contributed by atoms with E-state index in [4.69, 9.17) is 5.26 Å². The summed E-state index contributed by atoms with van der Waals surface area (Å²) < 4.78 is 54.7. The van der Waals surface area contributed by atoms with Crippen LogP contribution in [0, 0.1) is 17.1 Å². The Morgan fingerprint density at radius 3 is 2.44 bits per heavy atom. The van der Waals surface area contributed by atoms with Gasteiger partial charge in [0.15, 0.2) is 11.2 Å². The van der Waals surface area contributed by atoms with Crippen LogP contribution in [-0.2, 0) is 20.6 Å². The molecule has 1 aromatic carbocycles. The number of alkyl halides is 3. The van der Waals surface area contributed by atoms with Crippen molar-refractivity contribution in [3.05, 3.63) is 53.1 Å². The van der Waals surface area contributed by atoms with Gasteiger partial charge in [0.2, 0.25) is 11.6 Å². The molecule has 1 unspecified atom stereocenters. The van der Waals surface area contributed by atoms with Gasteiger partial charge in [-0.1, -0.05) is 0 Å². The van der Waals surface area contributed by atoms with Gasteiger partial charge in [-0.05, 0) is 24.3 Å². The number of hydrogen-bond acceptors (Lipinski definition) is 7. The summed E-state index contributed by atoms with van der Waals surface area (Å²) in [5.41, 5.74) is -5.08. The number of nitrogens with one attached hydrogen (secondary N) is 1. The molecule has 0 radical (unpaired) electrons. The van der Waals surface area contributed by atoms with Crippen LogP contribution >= 0.6 is 0 Å². The molecule has 13 heteroatoms. The van der Waals surface area contributed by atoms with Crippen molar-refractivity contribution in [1.82, 2.24) is 10.3 Å². The van der Waals surface area contributed by atoms with E-state index < -0.39 is 65.3 Å². The Labute approximate surface area is 188 Å². The van der Waals surface area contributed by atoms with Crippen molar-refractivity contribution in [3.8, 4) is 6.07 Å². The maximum absolute atomic E-state index is 14.6. The number of Topliss-reactive ketones (excluding diaryl/α,β-unsaturated/α-hetero) is 2. The summed E-state index contributed by atoms with van der Waals surface area (Å²) in [6, 6.07) is 5.12. The van der Waals surface area contributed by atoms with Crippen LogP contribution in [0.5, 0.6) is 0 Å². The molecule has 1 N–H and O–H groups in total. The molecule has 34 heavy (non-hydrogen) atoms. The van der Waals surface area contributed by atoms with Gasteiger partial charge in [0.25, 0.3) is 11.8 Å². The first-order valence-electron chi connectivity index (χ1n) is 9.62. The van der Waals surface area contributed by atoms with Crippen LogP contribution in [-0.4, -0.2) is 47.6 Å². The third-order valence-corrected chi connectivity index (χ3v) is 5.72. The van der Waals surface area contributed by atoms with Crippen molar-refractivity contribution < 1.29 is 36.7 Å². The molecule has 2 heterocycles. The number of anilines is 2. The quantitative estimate of drug-likeness (QED) is 0.406. The van der Waals surface area contributed by atoms with E-state index in [1.165, 1.54) is 19.2 Å². The Kier molecular flexibility index (Phi) is 5.12. The Balaban J connectivity index is 1.80. The van der Waals surface area contributed by atoms with Crippen molar-refractivity contribution >= 4 is 34.8 Å². The molecule has 2 fully saturated rings. The van der Waals surface area contributed by atoms with Crippen molar-refractivity contribution in [3.63, 3.8) is 0 Å². The minimum Gasteiger partial charge on any atom is -0.355 e. The predicted octanol–water partition coefficient (Wildman–Crippen LogP) is 1.56. The Morgan fingerprint density at radius 1 is 1.21 bits per heavy atom. The van der Waals surface area contributed by atoms with Crippen LogP contribution in [0.4, 0.5) is 28.9 Å². The van der Waals surface area contributed by atoms with Gasteiger partial charge >= 0.3 is 6.18 Å². The van der Waals surface area contributed by atoms with E-state index in [1.54, 1.807) is 0 Å². The number of ketones is 2. The van der Waals surface area contributed by atoms with Gasteiger partial charge < -0.3 is 10.2 Å². The maximum Gasteiger partial charge on any atom is 0.419 e. The lowest BCUT2D eigenvalue weighted by atomic mass is 9.72. The Bertz CT molecular complexity index is 1320. The van der Waals surface area contributed by atoms with Crippen LogP contribution in [0.25, 0.3) is 0 Å². The summed E-state index contributed by atoms with van der Waals surface area (Å²) in [6.07, 6.45) is -4.64. The second kappa shape index (κ2) is 7.62. The molecule has 4 rings (SSSR count). The average Bonchev–Trinajstić information content (AvgIpc) is 3.11. The monoisotopic (exact) mass is 475 g/mol. The molecule has 2 aromatic rings. The summed E-state index contributed by atoms with van der Waals surface area (Å²) in [7, 11) is 1.29. The Hall–Kier alpha value is -4.34. The molecule has 1 aliphatic carbocycles. The standard InChI is InChI=1S/C21H13F4N5O4/c1-27-18(33)12-3-2-10(5-14(12)22)30-9-29(19(34)20(30)6-16(31)17(20)32)11-4-13(21(23,24)25)15(7-26)28-8-11/h2-5,8H,6,9H2,1H3,(H,27,33). The first-order chi connectivity index (χ1) is 15.9. The van der Waals surface area contributed by atoms with Crippen molar-refractivity contribution in [2.45, 2.75) is 18.1 Å². The molecular weight excluding hydrogens is 462 g/mol. The lowest BCUT2D eigenvalue weighted by molar-refractivity contribution is -0.151. The van der Waals surface area contributed by atoms with Crippen LogP contribution in [0.15, 0.2) is 30.5 Å². The highest BCUT2D eigenvalue weighted by atomic mass is 19.4. The molecule has 1 saturated carbocycles. The molecule has 174 valence electrons. The number of halogens is 4. The van der Waals surface area contributed by atoms with E-state index in [0.29, 0.717) is 6.07 Å². The SMILES string of the molecule is CNC(=O)c1ccc(N2CN(c3cnc(C#N)c(C(F)(F)F)c3)C(=O)C23CC(=O)C3=O)cc1F. The molecule has 0 bridgehead atoms. The number of carbonyl (C=O) groups is 4. The molecule has 1 atom stereocenters. The van der Waals surface area contributed by atoms with E-state index >= 15 is 0 Å². The van der Waals surface area contributed by atoms with Gasteiger partial charge in [0.05, 0.1) is 36.1 Å². The van der Waals surface area contributed by atoms with Crippen molar-refractivity contribution in [1.29, 1.82) is 5.26 Å². The minimum absolute atomic E-state index is 0.0421. The average molecular weight is 475 g/mol. The second-order valence-electron chi connectivity index (χ2n) is 7.53. The summed E-state index contributed by atoms with van der Waals surface area (Å²) in [5.74, 6) is -4.65. The summed E-state index contributed by atoms with van der Waals surface area (Å²) >= 11 is 0. The number of nitriles is 1. The van der Waals surface area contributed by atoms with Gasteiger partial charge in [0.1, 0.15) is 11.9 Å². The van der Waals surface area contributed by atoms with Gasteiger partial charge in [-0.3, -0.25) is 24.1 Å². The number of aromatic nitrogens is 1. The minimum atomic E-state index is -4.95. The largest absolute Gasteiger partial charge is 0.419 e. The molecule has 2 aliphatic rings. The fraction of sp³-hybridized carbons (Fsp3) is 0.238. The summed E-state index contributed by atoms with van der Waals surface area (Å²) in [5, 5.41) is 11.2. The van der Waals surface area contributed by atoms with E-state index in [-0.39, 0.29) is 16.9 Å². The number of benzene rings is 1.